The Morgan fingerprint density at radius 1 is 1.25 bits per heavy atom. The van der Waals surface area contributed by atoms with Gasteiger partial charge in [0.15, 0.2) is 0 Å². The molecule has 1 aromatic rings. The number of methoxy groups -OCH3 is 1. The summed E-state index contributed by atoms with van der Waals surface area (Å²) in [7, 11) is 7.61. The molecule has 112 valence electrons. The number of likely N-dealkylation sites (N-methyl/N-ethyl adjacent to an activating group) is 1. The number of nitrogens with zero attached hydrogens (tertiary/aromatic N) is 1. The Labute approximate surface area is 120 Å². The summed E-state index contributed by atoms with van der Waals surface area (Å²) in [6.45, 7) is 0.992. The first-order chi connectivity index (χ1) is 9.30. The SMILES string of the molecule is COc1ccc(COC(CC(=O)[O-])C[N+](C)(C)C)cc1. The standard InChI is InChI=1S/C15H23NO4/c1-16(2,3)10-14(9-15(17)18)20-11-12-5-7-13(19-4)8-6-12/h5-8,14H,9-11H2,1-4H3. The molecule has 5 nitrogen and oxygen atoms in total. The number of carbonyl (C=O) groups is 1. The molecule has 0 saturated heterocycles. The molecule has 0 fully saturated rings. The first kappa shape index (κ1) is 16.5. The summed E-state index contributed by atoms with van der Waals surface area (Å²) in [4.78, 5) is 10.8. The van der Waals surface area contributed by atoms with Crippen LogP contribution in [0.3, 0.4) is 0 Å². The molecule has 0 aliphatic heterocycles. The lowest BCUT2D eigenvalue weighted by Crippen LogP contribution is -2.44. The van der Waals surface area contributed by atoms with E-state index in [1.807, 2.05) is 45.4 Å². The van der Waals surface area contributed by atoms with Crippen molar-refractivity contribution < 1.29 is 23.9 Å². The van der Waals surface area contributed by atoms with Crippen molar-refractivity contribution in [2.24, 2.45) is 0 Å². The van der Waals surface area contributed by atoms with Crippen molar-refractivity contribution >= 4 is 5.97 Å². The highest BCUT2D eigenvalue weighted by atomic mass is 16.5. The summed E-state index contributed by atoms with van der Waals surface area (Å²) >= 11 is 0. The van der Waals surface area contributed by atoms with Crippen LogP contribution in [-0.2, 0) is 16.1 Å². The molecular formula is C15H23NO4. The average molecular weight is 281 g/mol. The van der Waals surface area contributed by atoms with E-state index in [4.69, 9.17) is 9.47 Å². The van der Waals surface area contributed by atoms with E-state index in [0.29, 0.717) is 17.6 Å². The van der Waals surface area contributed by atoms with E-state index in [2.05, 4.69) is 0 Å². The Kier molecular flexibility index (Phi) is 5.98. The molecule has 0 bridgehead atoms. The zero-order chi connectivity index (χ0) is 15.2. The summed E-state index contributed by atoms with van der Waals surface area (Å²) in [6, 6.07) is 7.51. The molecule has 0 aromatic heterocycles. The molecule has 0 saturated carbocycles. The van der Waals surface area contributed by atoms with Crippen molar-refractivity contribution in [2.45, 2.75) is 19.1 Å². The lowest BCUT2D eigenvalue weighted by Gasteiger charge is -2.29. The summed E-state index contributed by atoms with van der Waals surface area (Å²) in [5, 5.41) is 10.8. The predicted octanol–water partition coefficient (Wildman–Crippen LogP) is 0.427. The largest absolute Gasteiger partial charge is 0.550 e. The number of carboxylic acids is 1. The van der Waals surface area contributed by atoms with Gasteiger partial charge in [-0.05, 0) is 17.7 Å². The maximum Gasteiger partial charge on any atom is 0.118 e. The fourth-order valence-corrected chi connectivity index (χ4v) is 1.91. The monoisotopic (exact) mass is 281 g/mol. The molecule has 0 aliphatic rings. The Bertz CT molecular complexity index is 422. The van der Waals surface area contributed by atoms with Gasteiger partial charge in [0.2, 0.25) is 0 Å². The highest BCUT2D eigenvalue weighted by Crippen LogP contribution is 2.14. The van der Waals surface area contributed by atoms with Crippen LogP contribution in [0.2, 0.25) is 0 Å². The van der Waals surface area contributed by atoms with Gasteiger partial charge in [-0.25, -0.2) is 0 Å². The van der Waals surface area contributed by atoms with Crippen LogP contribution >= 0.6 is 0 Å². The van der Waals surface area contributed by atoms with Crippen LogP contribution in [0, 0.1) is 0 Å². The van der Waals surface area contributed by atoms with Crippen molar-refractivity contribution in [3.05, 3.63) is 29.8 Å². The highest BCUT2D eigenvalue weighted by Gasteiger charge is 2.19. The summed E-state index contributed by atoms with van der Waals surface area (Å²) in [6.07, 6.45) is -0.451. The van der Waals surface area contributed by atoms with Gasteiger partial charge in [0.1, 0.15) is 18.4 Å². The second-order valence-corrected chi connectivity index (χ2v) is 5.83. The van der Waals surface area contributed by atoms with Gasteiger partial charge in [0.25, 0.3) is 0 Å². The van der Waals surface area contributed by atoms with Crippen molar-refractivity contribution in [2.75, 3.05) is 34.8 Å². The Morgan fingerprint density at radius 2 is 1.85 bits per heavy atom. The van der Waals surface area contributed by atoms with Gasteiger partial charge in [-0.1, -0.05) is 12.1 Å². The molecule has 1 unspecified atom stereocenters. The number of carboxylic acid groups (broad SMARTS) is 1. The second kappa shape index (κ2) is 7.26. The molecule has 0 amide bonds. The van der Waals surface area contributed by atoms with E-state index in [-0.39, 0.29) is 12.5 Å². The maximum atomic E-state index is 10.8. The quantitative estimate of drug-likeness (QED) is 0.648. The molecular weight excluding hydrogens is 258 g/mol. The first-order valence-electron chi connectivity index (χ1n) is 6.55. The number of carbonyl (C=O) groups excluding carboxylic acids is 1. The molecule has 5 heteroatoms. The molecule has 1 aromatic carbocycles. The molecule has 20 heavy (non-hydrogen) atoms. The minimum Gasteiger partial charge on any atom is -0.550 e. The van der Waals surface area contributed by atoms with Crippen LogP contribution in [0.4, 0.5) is 0 Å². The lowest BCUT2D eigenvalue weighted by atomic mass is 10.2. The molecule has 0 aliphatic carbocycles. The Balaban J connectivity index is 2.57. The molecule has 0 radical (unpaired) electrons. The minimum absolute atomic E-state index is 0.0916. The Morgan fingerprint density at radius 3 is 2.30 bits per heavy atom. The summed E-state index contributed by atoms with van der Waals surface area (Å²) in [5.41, 5.74) is 0.982. The van der Waals surface area contributed by atoms with E-state index < -0.39 is 5.97 Å². The summed E-state index contributed by atoms with van der Waals surface area (Å²) < 4.78 is 11.4. The third-order valence-corrected chi connectivity index (χ3v) is 2.79. The lowest BCUT2D eigenvalue weighted by molar-refractivity contribution is -0.873. The zero-order valence-corrected chi connectivity index (χ0v) is 12.6. The number of quaternary nitrogens is 1. The van der Waals surface area contributed by atoms with Crippen LogP contribution in [0.15, 0.2) is 24.3 Å². The minimum atomic E-state index is -1.09. The van der Waals surface area contributed by atoms with Gasteiger partial charge in [0.05, 0.1) is 34.9 Å². The van der Waals surface area contributed by atoms with E-state index >= 15 is 0 Å². The van der Waals surface area contributed by atoms with Crippen molar-refractivity contribution in [1.29, 1.82) is 0 Å². The molecule has 0 spiro atoms. The van der Waals surface area contributed by atoms with Crippen LogP contribution in [0.5, 0.6) is 5.75 Å². The van der Waals surface area contributed by atoms with Crippen LogP contribution < -0.4 is 9.84 Å². The van der Waals surface area contributed by atoms with Gasteiger partial charge >= 0.3 is 0 Å². The zero-order valence-electron chi connectivity index (χ0n) is 12.6. The number of rotatable bonds is 8. The van der Waals surface area contributed by atoms with E-state index in [0.717, 1.165) is 11.3 Å². The van der Waals surface area contributed by atoms with Crippen molar-refractivity contribution in [3.63, 3.8) is 0 Å². The average Bonchev–Trinajstić information content (AvgIpc) is 2.34. The fourth-order valence-electron chi connectivity index (χ4n) is 1.91. The number of ether oxygens (including phenoxy) is 2. The van der Waals surface area contributed by atoms with Crippen molar-refractivity contribution in [3.8, 4) is 5.75 Å². The fraction of sp³-hybridized carbons (Fsp3) is 0.533. The van der Waals surface area contributed by atoms with Crippen LogP contribution in [-0.4, -0.2) is 51.4 Å². The van der Waals surface area contributed by atoms with Crippen molar-refractivity contribution in [1.82, 2.24) is 0 Å². The number of hydrogen-bond donors (Lipinski definition) is 0. The van der Waals surface area contributed by atoms with Gasteiger partial charge in [0, 0.05) is 12.4 Å². The predicted molar refractivity (Wildman–Crippen MR) is 74.1 cm³/mol. The van der Waals surface area contributed by atoms with E-state index in [9.17, 15) is 9.90 Å². The third kappa shape index (κ3) is 6.54. The van der Waals surface area contributed by atoms with E-state index in [1.54, 1.807) is 7.11 Å². The summed E-state index contributed by atoms with van der Waals surface area (Å²) in [5.74, 6) is -0.301. The first-order valence-corrected chi connectivity index (χ1v) is 6.55. The smallest absolute Gasteiger partial charge is 0.118 e. The topological polar surface area (TPSA) is 58.6 Å². The maximum absolute atomic E-state index is 10.8. The van der Waals surface area contributed by atoms with Crippen LogP contribution in [0.1, 0.15) is 12.0 Å². The molecule has 1 rings (SSSR count). The molecule has 0 heterocycles. The molecule has 1 atom stereocenters. The molecule has 0 N–H and O–H groups in total. The number of hydrogen-bond acceptors (Lipinski definition) is 4. The van der Waals surface area contributed by atoms with Crippen LogP contribution in [0.25, 0.3) is 0 Å². The second-order valence-electron chi connectivity index (χ2n) is 5.83. The van der Waals surface area contributed by atoms with E-state index in [1.165, 1.54) is 0 Å². The number of aliphatic carboxylic acids is 1. The van der Waals surface area contributed by atoms with Gasteiger partial charge in [-0.15, -0.1) is 0 Å². The Hall–Kier alpha value is -1.59. The normalized spacial score (nSPS) is 13.0. The van der Waals surface area contributed by atoms with Gasteiger partial charge < -0.3 is 23.9 Å². The highest BCUT2D eigenvalue weighted by molar-refractivity contribution is 5.64. The van der Waals surface area contributed by atoms with Gasteiger partial charge in [-0.3, -0.25) is 0 Å². The third-order valence-electron chi connectivity index (χ3n) is 2.79. The van der Waals surface area contributed by atoms with Gasteiger partial charge in [-0.2, -0.15) is 0 Å². The number of benzene rings is 1.